The van der Waals surface area contributed by atoms with Crippen LogP contribution in [0.1, 0.15) is 47.9 Å². The Labute approximate surface area is 221 Å². The molecule has 0 bridgehead atoms. The summed E-state index contributed by atoms with van der Waals surface area (Å²) in [6.07, 6.45) is -9.82. The van der Waals surface area contributed by atoms with E-state index in [4.69, 9.17) is 4.74 Å². The van der Waals surface area contributed by atoms with Crippen LogP contribution in [0.5, 0.6) is 0 Å². The monoisotopic (exact) mass is 558 g/mol. The van der Waals surface area contributed by atoms with Crippen molar-refractivity contribution in [3.63, 3.8) is 0 Å². The number of carbonyl (C=O) groups excluding carboxylic acids is 1. The van der Waals surface area contributed by atoms with Crippen LogP contribution in [0.4, 0.5) is 35.9 Å². The summed E-state index contributed by atoms with van der Waals surface area (Å²) in [6.45, 7) is -0.563. The minimum Gasteiger partial charge on any atom is -0.465 e. The minimum atomic E-state index is -5.03. The Kier molecular flexibility index (Phi) is 8.04. The average molecular weight is 559 g/mol. The Balaban J connectivity index is 1.70. The highest BCUT2D eigenvalue weighted by atomic mass is 19.4. The molecule has 212 valence electrons. The van der Waals surface area contributed by atoms with E-state index in [9.17, 15) is 41.0 Å². The molecule has 39 heavy (non-hydrogen) atoms. The molecule has 4 rings (SSSR count). The molecule has 2 fully saturated rings. The molecule has 2 aromatic rings. The van der Waals surface area contributed by atoms with Crippen LogP contribution in [-0.2, 0) is 30.1 Å². The molecule has 6 nitrogen and oxygen atoms in total. The van der Waals surface area contributed by atoms with Crippen molar-refractivity contribution in [2.24, 2.45) is 5.92 Å². The zero-order valence-electron chi connectivity index (χ0n) is 21.0. The normalized spacial score (nSPS) is 21.9. The van der Waals surface area contributed by atoms with Crippen LogP contribution in [0, 0.1) is 5.92 Å². The van der Waals surface area contributed by atoms with Gasteiger partial charge in [-0.25, -0.2) is 9.59 Å². The molecule has 2 aromatic carbocycles. The van der Waals surface area contributed by atoms with E-state index in [1.54, 1.807) is 0 Å². The van der Waals surface area contributed by atoms with Gasteiger partial charge in [-0.3, -0.25) is 0 Å². The molecule has 0 radical (unpaired) electrons. The second-order valence-corrected chi connectivity index (χ2v) is 10.1. The Bertz CT molecular complexity index is 1150. The zero-order chi connectivity index (χ0) is 28.5. The summed E-state index contributed by atoms with van der Waals surface area (Å²) in [5, 5.41) is 10.1. The van der Waals surface area contributed by atoms with Crippen molar-refractivity contribution >= 4 is 12.2 Å². The molecular weight excluding hydrogens is 530 g/mol. The Morgan fingerprint density at radius 2 is 1.54 bits per heavy atom. The lowest BCUT2D eigenvalue weighted by atomic mass is 9.85. The molecule has 12 heteroatoms. The lowest BCUT2D eigenvalue weighted by molar-refractivity contribution is -0.143. The lowest BCUT2D eigenvalue weighted by Gasteiger charge is -2.47. The standard InChI is InChI=1S/C27H28F6N2O4/c1-39-25(38)34(15-17-9-19(26(28,29)30)12-20(10-17)27(31,32)33)21-13-22(11-16-5-3-2-4-6-16)35(24(36)37)23(14-21)18-7-8-18/h2-6,9-10,12,18,21-23H,7-8,11,13-15H2,1H3,(H,36,37). The van der Waals surface area contributed by atoms with Crippen LogP contribution < -0.4 is 0 Å². The smallest absolute Gasteiger partial charge is 0.416 e. The fourth-order valence-corrected chi connectivity index (χ4v) is 5.48. The van der Waals surface area contributed by atoms with Crippen LogP contribution in [0.25, 0.3) is 0 Å². The minimum absolute atomic E-state index is 0.0380. The maximum Gasteiger partial charge on any atom is 0.416 e. The summed E-state index contributed by atoms with van der Waals surface area (Å²) in [7, 11) is 1.08. The van der Waals surface area contributed by atoms with Crippen LogP contribution in [0.3, 0.4) is 0 Å². The lowest BCUT2D eigenvalue weighted by Crippen LogP contribution is -2.58. The van der Waals surface area contributed by atoms with Gasteiger partial charge >= 0.3 is 24.5 Å². The molecule has 1 N–H and O–H groups in total. The number of methoxy groups -OCH3 is 1. The largest absolute Gasteiger partial charge is 0.465 e. The number of carbonyl (C=O) groups is 2. The SMILES string of the molecule is COC(=O)N(Cc1cc(C(F)(F)F)cc(C(F)(F)F)c1)C1CC(Cc2ccccc2)N(C(=O)O)C(C2CC2)C1. The van der Waals surface area contributed by atoms with Crippen LogP contribution in [-0.4, -0.2) is 52.3 Å². The van der Waals surface area contributed by atoms with E-state index in [0.717, 1.165) is 30.4 Å². The molecule has 1 aliphatic carbocycles. The van der Waals surface area contributed by atoms with Gasteiger partial charge in [-0.1, -0.05) is 30.3 Å². The predicted octanol–water partition coefficient (Wildman–Crippen LogP) is 6.82. The number of alkyl halides is 6. The summed E-state index contributed by atoms with van der Waals surface area (Å²) < 4.78 is 85.5. The molecule has 0 aromatic heterocycles. The van der Waals surface area contributed by atoms with Crippen molar-refractivity contribution in [1.82, 2.24) is 9.80 Å². The Hall–Kier alpha value is -3.44. The third-order valence-electron chi connectivity index (χ3n) is 7.36. The van der Waals surface area contributed by atoms with Gasteiger partial charge in [0.15, 0.2) is 0 Å². The number of likely N-dealkylation sites (tertiary alicyclic amines) is 1. The zero-order valence-corrected chi connectivity index (χ0v) is 21.0. The van der Waals surface area contributed by atoms with Gasteiger partial charge in [-0.15, -0.1) is 0 Å². The van der Waals surface area contributed by atoms with Gasteiger partial charge in [-0.2, -0.15) is 26.3 Å². The Morgan fingerprint density at radius 3 is 2.03 bits per heavy atom. The number of nitrogens with zero attached hydrogens (tertiary/aromatic N) is 2. The average Bonchev–Trinajstić information content (AvgIpc) is 3.71. The summed E-state index contributed by atoms with van der Waals surface area (Å²) >= 11 is 0. The summed E-state index contributed by atoms with van der Waals surface area (Å²) in [4.78, 5) is 27.7. The highest BCUT2D eigenvalue weighted by Gasteiger charge is 2.47. The number of hydrogen-bond acceptors (Lipinski definition) is 3. The van der Waals surface area contributed by atoms with Gasteiger partial charge in [0, 0.05) is 24.7 Å². The summed E-state index contributed by atoms with van der Waals surface area (Å²) in [5.74, 6) is 0.0621. The molecule has 1 heterocycles. The maximum absolute atomic E-state index is 13.4. The molecule has 3 atom stereocenters. The van der Waals surface area contributed by atoms with E-state index in [1.807, 2.05) is 30.3 Å². The topological polar surface area (TPSA) is 70.1 Å². The van der Waals surface area contributed by atoms with Gasteiger partial charge in [-0.05, 0) is 67.3 Å². The number of benzene rings is 2. The van der Waals surface area contributed by atoms with E-state index in [1.165, 1.54) is 4.90 Å². The number of rotatable bonds is 6. The van der Waals surface area contributed by atoms with Crippen molar-refractivity contribution < 1.29 is 45.8 Å². The number of hydrogen-bond donors (Lipinski definition) is 1. The third-order valence-corrected chi connectivity index (χ3v) is 7.36. The first-order valence-electron chi connectivity index (χ1n) is 12.5. The quantitative estimate of drug-likeness (QED) is 0.395. The number of halogens is 6. The second-order valence-electron chi connectivity index (χ2n) is 10.1. The summed E-state index contributed by atoms with van der Waals surface area (Å²) in [6, 6.07) is 8.67. The molecule has 1 aliphatic heterocycles. The molecule has 2 aliphatic rings. The van der Waals surface area contributed by atoms with E-state index in [-0.39, 0.29) is 30.4 Å². The number of ether oxygens (including phenoxy) is 1. The number of amides is 2. The molecule has 1 saturated heterocycles. The third kappa shape index (κ3) is 6.77. The first kappa shape index (κ1) is 28.6. The van der Waals surface area contributed by atoms with E-state index in [2.05, 4.69) is 0 Å². The van der Waals surface area contributed by atoms with E-state index in [0.29, 0.717) is 18.6 Å². The molecule has 1 saturated carbocycles. The summed E-state index contributed by atoms with van der Waals surface area (Å²) in [5.41, 5.74) is -2.45. The van der Waals surface area contributed by atoms with Crippen LogP contribution in [0.2, 0.25) is 0 Å². The first-order valence-corrected chi connectivity index (χ1v) is 12.5. The fourth-order valence-electron chi connectivity index (χ4n) is 5.48. The molecule has 2 amide bonds. The van der Waals surface area contributed by atoms with Gasteiger partial charge in [0.2, 0.25) is 0 Å². The van der Waals surface area contributed by atoms with Crippen molar-refractivity contribution in [1.29, 1.82) is 0 Å². The second kappa shape index (κ2) is 11.0. The highest BCUT2D eigenvalue weighted by molar-refractivity contribution is 5.69. The molecule has 0 spiro atoms. The van der Waals surface area contributed by atoms with E-state index < -0.39 is 60.3 Å². The first-order chi connectivity index (χ1) is 18.3. The van der Waals surface area contributed by atoms with Gasteiger partial charge in [0.1, 0.15) is 0 Å². The van der Waals surface area contributed by atoms with Crippen molar-refractivity contribution in [2.75, 3.05) is 7.11 Å². The van der Waals surface area contributed by atoms with Crippen LogP contribution in [0.15, 0.2) is 48.5 Å². The van der Waals surface area contributed by atoms with Gasteiger partial charge in [0.05, 0.1) is 18.2 Å². The highest BCUT2D eigenvalue weighted by Crippen LogP contribution is 2.43. The van der Waals surface area contributed by atoms with Crippen LogP contribution >= 0.6 is 0 Å². The van der Waals surface area contributed by atoms with Gasteiger partial charge in [0.25, 0.3) is 0 Å². The maximum atomic E-state index is 13.4. The fraction of sp³-hybridized carbons (Fsp3) is 0.481. The van der Waals surface area contributed by atoms with Gasteiger partial charge < -0.3 is 19.6 Å². The number of carboxylic acid groups (broad SMARTS) is 1. The van der Waals surface area contributed by atoms with E-state index >= 15 is 0 Å². The van der Waals surface area contributed by atoms with Crippen molar-refractivity contribution in [3.8, 4) is 0 Å². The number of piperidine rings is 1. The Morgan fingerprint density at radius 1 is 0.949 bits per heavy atom. The molecular formula is C27H28F6N2O4. The van der Waals surface area contributed by atoms with Crippen molar-refractivity contribution in [2.45, 2.75) is 69.1 Å². The predicted molar refractivity (Wildman–Crippen MR) is 128 cm³/mol. The van der Waals surface area contributed by atoms with Crippen molar-refractivity contribution in [3.05, 3.63) is 70.8 Å². The molecule has 3 unspecified atom stereocenters.